The highest BCUT2D eigenvalue weighted by Crippen LogP contribution is 2.22. The van der Waals surface area contributed by atoms with Gasteiger partial charge < -0.3 is 25.0 Å². The lowest BCUT2D eigenvalue weighted by molar-refractivity contribution is 0.321. The van der Waals surface area contributed by atoms with Crippen molar-refractivity contribution in [3.63, 3.8) is 0 Å². The summed E-state index contributed by atoms with van der Waals surface area (Å²) in [5.74, 6) is 3.27. The fourth-order valence-corrected chi connectivity index (χ4v) is 3.02. The third-order valence-electron chi connectivity index (χ3n) is 4.64. The minimum absolute atomic E-state index is 0. The lowest BCUT2D eigenvalue weighted by Crippen LogP contribution is -2.39. The summed E-state index contributed by atoms with van der Waals surface area (Å²) in [4.78, 5) is 11.0. The van der Waals surface area contributed by atoms with Gasteiger partial charge in [0.05, 0.1) is 19.2 Å². The topological polar surface area (TPSA) is 71.0 Å². The van der Waals surface area contributed by atoms with Gasteiger partial charge in [-0.15, -0.1) is 24.0 Å². The molecule has 2 aromatic carbocycles. The summed E-state index contributed by atoms with van der Waals surface area (Å²) < 4.78 is 10.9. The van der Waals surface area contributed by atoms with Gasteiger partial charge in [-0.25, -0.2) is 4.98 Å². The van der Waals surface area contributed by atoms with Crippen molar-refractivity contribution in [1.82, 2.24) is 15.6 Å². The van der Waals surface area contributed by atoms with E-state index in [-0.39, 0.29) is 24.0 Å². The summed E-state index contributed by atoms with van der Waals surface area (Å²) in [6.45, 7) is 1.80. The molecule has 0 spiro atoms. The van der Waals surface area contributed by atoms with E-state index >= 15 is 0 Å². The molecule has 3 aromatic rings. The number of nitrogens with one attached hydrogen (secondary N) is 2. The van der Waals surface area contributed by atoms with Crippen LogP contribution in [0.3, 0.4) is 0 Å². The molecule has 1 heterocycles. The number of hydrogen-bond acceptors (Lipinski definition) is 5. The minimum atomic E-state index is 0. The van der Waals surface area contributed by atoms with Gasteiger partial charge in [-0.3, -0.25) is 4.99 Å². The molecule has 31 heavy (non-hydrogen) atoms. The van der Waals surface area contributed by atoms with Gasteiger partial charge in [0, 0.05) is 33.1 Å². The molecule has 0 aliphatic heterocycles. The zero-order chi connectivity index (χ0) is 21.3. The van der Waals surface area contributed by atoms with Gasteiger partial charge >= 0.3 is 0 Å². The van der Waals surface area contributed by atoms with Crippen molar-refractivity contribution in [2.45, 2.75) is 6.54 Å². The Labute approximate surface area is 200 Å². The van der Waals surface area contributed by atoms with E-state index in [1.807, 2.05) is 61.5 Å². The average molecular weight is 535 g/mol. The van der Waals surface area contributed by atoms with E-state index in [0.29, 0.717) is 19.7 Å². The molecule has 7 nitrogen and oxygen atoms in total. The summed E-state index contributed by atoms with van der Waals surface area (Å²) in [6, 6.07) is 17.8. The number of ether oxygens (including phenoxy) is 2. The van der Waals surface area contributed by atoms with Crippen molar-refractivity contribution in [2.24, 2.45) is 4.99 Å². The SMILES string of the molecule is CN=C(NCCOc1ccc(OC)cc1)NCc1cc(N(C)C)nc2ccccc12.I. The highest BCUT2D eigenvalue weighted by Gasteiger charge is 2.08. The largest absolute Gasteiger partial charge is 0.497 e. The van der Waals surface area contributed by atoms with Gasteiger partial charge in [0.2, 0.25) is 0 Å². The van der Waals surface area contributed by atoms with Crippen molar-refractivity contribution in [3.8, 4) is 11.5 Å². The molecule has 1 aromatic heterocycles. The number of anilines is 1. The highest BCUT2D eigenvalue weighted by molar-refractivity contribution is 14.0. The summed E-state index contributed by atoms with van der Waals surface area (Å²) in [5.41, 5.74) is 2.15. The Hall–Kier alpha value is -2.75. The predicted octanol–water partition coefficient (Wildman–Crippen LogP) is 3.67. The van der Waals surface area contributed by atoms with Crippen LogP contribution in [-0.4, -0.2) is 52.3 Å². The first-order chi connectivity index (χ1) is 14.6. The number of para-hydroxylation sites is 1. The molecule has 0 aliphatic rings. The number of halogens is 1. The smallest absolute Gasteiger partial charge is 0.191 e. The monoisotopic (exact) mass is 535 g/mol. The van der Waals surface area contributed by atoms with Crippen LogP contribution in [-0.2, 0) is 6.54 Å². The number of aromatic nitrogens is 1. The van der Waals surface area contributed by atoms with Crippen molar-refractivity contribution in [3.05, 3.63) is 60.2 Å². The quantitative estimate of drug-likeness (QED) is 0.199. The van der Waals surface area contributed by atoms with Crippen LogP contribution in [0, 0.1) is 0 Å². The van der Waals surface area contributed by atoms with Crippen LogP contribution in [0.4, 0.5) is 5.82 Å². The van der Waals surface area contributed by atoms with Crippen molar-refractivity contribution < 1.29 is 9.47 Å². The first kappa shape index (κ1) is 24.5. The fourth-order valence-electron chi connectivity index (χ4n) is 3.02. The standard InChI is InChI=1S/C23H29N5O2.HI/c1-24-23(25-13-14-30-19-11-9-18(29-4)10-12-19)26-16-17-15-22(28(2)3)27-21-8-6-5-7-20(17)21;/h5-12,15H,13-14,16H2,1-4H3,(H2,24,25,26);1H. The van der Waals surface area contributed by atoms with Crippen LogP contribution in [0.25, 0.3) is 10.9 Å². The van der Waals surface area contributed by atoms with Crippen LogP contribution in [0.15, 0.2) is 59.6 Å². The Balaban J connectivity index is 0.00000341. The molecule has 0 bridgehead atoms. The Morgan fingerprint density at radius 1 is 1.03 bits per heavy atom. The second kappa shape index (κ2) is 12.2. The van der Waals surface area contributed by atoms with Crippen LogP contribution < -0.4 is 25.0 Å². The zero-order valence-electron chi connectivity index (χ0n) is 18.4. The number of rotatable bonds is 8. The normalized spacial score (nSPS) is 10.9. The van der Waals surface area contributed by atoms with Crippen molar-refractivity contribution in [1.29, 1.82) is 0 Å². The molecule has 8 heteroatoms. The Morgan fingerprint density at radius 3 is 2.42 bits per heavy atom. The van der Waals surface area contributed by atoms with Crippen LogP contribution in [0.1, 0.15) is 5.56 Å². The van der Waals surface area contributed by atoms with Gasteiger partial charge in [0.1, 0.15) is 23.9 Å². The van der Waals surface area contributed by atoms with E-state index in [0.717, 1.165) is 34.2 Å². The predicted molar refractivity (Wildman–Crippen MR) is 138 cm³/mol. The summed E-state index contributed by atoms with van der Waals surface area (Å²) in [6.07, 6.45) is 0. The first-order valence-corrected chi connectivity index (χ1v) is 9.88. The number of pyridine rings is 1. The molecule has 0 unspecified atom stereocenters. The average Bonchev–Trinajstić information content (AvgIpc) is 2.78. The van der Waals surface area contributed by atoms with E-state index in [1.54, 1.807) is 14.2 Å². The van der Waals surface area contributed by atoms with Gasteiger partial charge in [-0.2, -0.15) is 0 Å². The Morgan fingerprint density at radius 2 is 1.74 bits per heavy atom. The molecule has 0 aliphatic carbocycles. The van der Waals surface area contributed by atoms with Gasteiger partial charge in [0.15, 0.2) is 5.96 Å². The molecule has 0 amide bonds. The van der Waals surface area contributed by atoms with Crippen LogP contribution in [0.5, 0.6) is 11.5 Å². The highest BCUT2D eigenvalue weighted by atomic mass is 127. The zero-order valence-corrected chi connectivity index (χ0v) is 20.7. The van der Waals surface area contributed by atoms with Crippen molar-refractivity contribution >= 4 is 46.7 Å². The molecule has 2 N–H and O–H groups in total. The second-order valence-corrected chi connectivity index (χ2v) is 6.93. The number of methoxy groups -OCH3 is 1. The molecule has 166 valence electrons. The van der Waals surface area contributed by atoms with E-state index < -0.39 is 0 Å². The number of guanidine groups is 1. The number of fused-ring (bicyclic) bond motifs is 1. The summed E-state index contributed by atoms with van der Waals surface area (Å²) in [7, 11) is 7.40. The molecule has 0 radical (unpaired) electrons. The summed E-state index contributed by atoms with van der Waals surface area (Å²) in [5, 5.41) is 7.79. The Kier molecular flexibility index (Phi) is 9.64. The molecule has 3 rings (SSSR count). The lowest BCUT2D eigenvalue weighted by Gasteiger charge is -2.17. The maximum atomic E-state index is 5.75. The van der Waals surface area contributed by atoms with Gasteiger partial charge in [-0.1, -0.05) is 18.2 Å². The van der Waals surface area contributed by atoms with Gasteiger partial charge in [-0.05, 0) is 42.0 Å². The summed E-state index contributed by atoms with van der Waals surface area (Å²) >= 11 is 0. The fraction of sp³-hybridized carbons (Fsp3) is 0.304. The minimum Gasteiger partial charge on any atom is -0.497 e. The number of aliphatic imine (C=N–C) groups is 1. The van der Waals surface area contributed by atoms with Crippen molar-refractivity contribution in [2.75, 3.05) is 46.3 Å². The third-order valence-corrected chi connectivity index (χ3v) is 4.64. The molecule has 0 atom stereocenters. The van der Waals surface area contributed by atoms with Crippen LogP contribution in [0.2, 0.25) is 0 Å². The van der Waals surface area contributed by atoms with Crippen LogP contribution >= 0.6 is 24.0 Å². The number of benzene rings is 2. The van der Waals surface area contributed by atoms with E-state index in [1.165, 1.54) is 5.56 Å². The maximum absolute atomic E-state index is 5.75. The third kappa shape index (κ3) is 6.88. The first-order valence-electron chi connectivity index (χ1n) is 9.88. The Bertz CT molecular complexity index is 993. The molecule has 0 saturated heterocycles. The molecule has 0 fully saturated rings. The maximum Gasteiger partial charge on any atom is 0.191 e. The molecule has 0 saturated carbocycles. The van der Waals surface area contributed by atoms with E-state index in [2.05, 4.69) is 27.8 Å². The lowest BCUT2D eigenvalue weighted by atomic mass is 10.1. The van der Waals surface area contributed by atoms with E-state index in [9.17, 15) is 0 Å². The second-order valence-electron chi connectivity index (χ2n) is 6.93. The molecular weight excluding hydrogens is 505 g/mol. The molecular formula is C23H30IN5O2. The number of nitrogens with zero attached hydrogens (tertiary/aromatic N) is 3. The number of hydrogen-bond donors (Lipinski definition) is 2. The van der Waals surface area contributed by atoms with Gasteiger partial charge in [0.25, 0.3) is 0 Å². The van der Waals surface area contributed by atoms with E-state index in [4.69, 9.17) is 14.5 Å².